The van der Waals surface area contributed by atoms with Crippen LogP contribution in [0.2, 0.25) is 0 Å². The molecule has 3 rings (SSSR count). The lowest BCUT2D eigenvalue weighted by Crippen LogP contribution is -2.49. The molecule has 1 aliphatic carbocycles. The third kappa shape index (κ3) is 2.03. The number of ether oxygens (including phenoxy) is 4. The topological polar surface area (TPSA) is 71.1 Å². The van der Waals surface area contributed by atoms with E-state index < -0.39 is 11.9 Å². The Labute approximate surface area is 111 Å². The summed E-state index contributed by atoms with van der Waals surface area (Å²) in [5, 5.41) is 0. The molecule has 5 atom stereocenters. The molecule has 6 heteroatoms. The minimum Gasteiger partial charge on any atom is -0.469 e. The van der Waals surface area contributed by atoms with Crippen molar-refractivity contribution in [1.29, 1.82) is 0 Å². The Morgan fingerprint density at radius 3 is 2.74 bits per heavy atom. The van der Waals surface area contributed by atoms with E-state index in [-0.39, 0.29) is 42.4 Å². The molecule has 0 bridgehead atoms. The van der Waals surface area contributed by atoms with E-state index in [4.69, 9.17) is 18.9 Å². The number of hydrogen-bond donors (Lipinski definition) is 0. The molecule has 3 aliphatic rings. The Hall–Kier alpha value is -1.14. The fraction of sp³-hybridized carbons (Fsp3) is 0.846. The molecule has 0 unspecified atom stereocenters. The van der Waals surface area contributed by atoms with Gasteiger partial charge < -0.3 is 18.9 Å². The van der Waals surface area contributed by atoms with Gasteiger partial charge in [0.05, 0.1) is 25.6 Å². The minimum absolute atomic E-state index is 0.168. The van der Waals surface area contributed by atoms with Crippen molar-refractivity contribution in [2.45, 2.75) is 50.8 Å². The summed E-state index contributed by atoms with van der Waals surface area (Å²) in [6, 6.07) is 0. The van der Waals surface area contributed by atoms with Crippen LogP contribution in [0.5, 0.6) is 0 Å². The van der Waals surface area contributed by atoms with Crippen molar-refractivity contribution in [3.63, 3.8) is 0 Å². The van der Waals surface area contributed by atoms with Gasteiger partial charge in [-0.05, 0) is 20.3 Å². The fourth-order valence-corrected chi connectivity index (χ4v) is 3.45. The van der Waals surface area contributed by atoms with Gasteiger partial charge in [0.1, 0.15) is 12.2 Å². The van der Waals surface area contributed by atoms with E-state index in [1.54, 1.807) is 0 Å². The highest BCUT2D eigenvalue weighted by atomic mass is 16.8. The number of carbonyl (C=O) groups excluding carboxylic acids is 2. The van der Waals surface area contributed by atoms with Gasteiger partial charge in [-0.1, -0.05) is 0 Å². The zero-order chi connectivity index (χ0) is 13.8. The van der Waals surface area contributed by atoms with Crippen LogP contribution in [0.15, 0.2) is 0 Å². The van der Waals surface area contributed by atoms with Gasteiger partial charge >= 0.3 is 11.9 Å². The number of methoxy groups -OCH3 is 1. The molecule has 106 valence electrons. The largest absolute Gasteiger partial charge is 0.469 e. The lowest BCUT2D eigenvalue weighted by Gasteiger charge is -2.36. The summed E-state index contributed by atoms with van der Waals surface area (Å²) in [5.41, 5.74) is 0. The standard InChI is InChI=1S/C13H18O6/c1-13(2)18-8-4-7(12(15)16-3)6-5-9(14)17-10(6)11(8)19-13/h6-8,10-11H,4-5H2,1-3H3/t6-,7-,8-,10-,11-/m1/s1. The third-order valence-electron chi connectivity index (χ3n) is 4.14. The van der Waals surface area contributed by atoms with E-state index in [1.165, 1.54) is 7.11 Å². The first-order chi connectivity index (χ1) is 8.91. The second-order valence-corrected chi connectivity index (χ2v) is 5.83. The summed E-state index contributed by atoms with van der Waals surface area (Å²) < 4.78 is 21.8. The van der Waals surface area contributed by atoms with Crippen molar-refractivity contribution in [1.82, 2.24) is 0 Å². The molecule has 2 saturated heterocycles. The van der Waals surface area contributed by atoms with E-state index in [1.807, 2.05) is 13.8 Å². The highest BCUT2D eigenvalue weighted by Crippen LogP contribution is 2.47. The van der Waals surface area contributed by atoms with E-state index >= 15 is 0 Å². The zero-order valence-corrected chi connectivity index (χ0v) is 11.3. The summed E-state index contributed by atoms with van der Waals surface area (Å²) in [7, 11) is 1.36. The first kappa shape index (κ1) is 12.9. The van der Waals surface area contributed by atoms with Crippen molar-refractivity contribution in [2.75, 3.05) is 7.11 Å². The van der Waals surface area contributed by atoms with Crippen molar-refractivity contribution >= 4 is 11.9 Å². The van der Waals surface area contributed by atoms with Gasteiger partial charge in [-0.3, -0.25) is 9.59 Å². The highest BCUT2D eigenvalue weighted by molar-refractivity contribution is 5.77. The summed E-state index contributed by atoms with van der Waals surface area (Å²) in [6.07, 6.45) is -0.161. The molecule has 0 aromatic rings. The van der Waals surface area contributed by atoms with Crippen LogP contribution < -0.4 is 0 Å². The molecule has 2 heterocycles. The molecule has 0 radical (unpaired) electrons. The average molecular weight is 270 g/mol. The lowest BCUT2D eigenvalue weighted by atomic mass is 9.74. The average Bonchev–Trinajstić information content (AvgIpc) is 2.85. The van der Waals surface area contributed by atoms with Gasteiger partial charge in [0.25, 0.3) is 0 Å². The van der Waals surface area contributed by atoms with Crippen LogP contribution in [0.25, 0.3) is 0 Å². The molecular weight excluding hydrogens is 252 g/mol. The molecule has 1 saturated carbocycles. The van der Waals surface area contributed by atoms with E-state index in [0.29, 0.717) is 6.42 Å². The first-order valence-corrected chi connectivity index (χ1v) is 6.54. The Morgan fingerprint density at radius 2 is 2.05 bits per heavy atom. The van der Waals surface area contributed by atoms with Crippen LogP contribution in [-0.4, -0.2) is 43.1 Å². The zero-order valence-electron chi connectivity index (χ0n) is 11.3. The molecule has 0 amide bonds. The molecule has 2 aliphatic heterocycles. The quantitative estimate of drug-likeness (QED) is 0.651. The molecule has 0 aromatic carbocycles. The summed E-state index contributed by atoms with van der Waals surface area (Å²) >= 11 is 0. The SMILES string of the molecule is COC(=O)[C@@H]1C[C@H]2OC(C)(C)O[C@H]2[C@@H]2OC(=O)C[C@@H]21. The number of esters is 2. The maximum Gasteiger partial charge on any atom is 0.309 e. The Kier molecular flexibility index (Phi) is 2.83. The van der Waals surface area contributed by atoms with Crippen molar-refractivity contribution in [3.05, 3.63) is 0 Å². The molecule has 3 fully saturated rings. The monoisotopic (exact) mass is 270 g/mol. The maximum absolute atomic E-state index is 11.9. The van der Waals surface area contributed by atoms with Crippen LogP contribution in [0.4, 0.5) is 0 Å². The second kappa shape index (κ2) is 4.18. The van der Waals surface area contributed by atoms with Gasteiger partial charge in [0, 0.05) is 5.92 Å². The van der Waals surface area contributed by atoms with Crippen molar-refractivity contribution < 1.29 is 28.5 Å². The lowest BCUT2D eigenvalue weighted by molar-refractivity contribution is -0.165. The maximum atomic E-state index is 11.9. The van der Waals surface area contributed by atoms with Crippen molar-refractivity contribution in [3.8, 4) is 0 Å². The van der Waals surface area contributed by atoms with E-state index in [9.17, 15) is 9.59 Å². The third-order valence-corrected chi connectivity index (χ3v) is 4.14. The number of carbonyl (C=O) groups is 2. The van der Waals surface area contributed by atoms with Crippen molar-refractivity contribution in [2.24, 2.45) is 11.8 Å². The van der Waals surface area contributed by atoms with Gasteiger partial charge in [0.15, 0.2) is 5.79 Å². The summed E-state index contributed by atoms with van der Waals surface area (Å²) in [4.78, 5) is 23.4. The molecule has 6 nitrogen and oxygen atoms in total. The number of rotatable bonds is 1. The predicted octanol–water partition coefficient (Wildman–Crippen LogP) is 0.631. The number of hydrogen-bond acceptors (Lipinski definition) is 6. The molecular formula is C13H18O6. The van der Waals surface area contributed by atoms with Crippen LogP contribution in [-0.2, 0) is 28.5 Å². The fourth-order valence-electron chi connectivity index (χ4n) is 3.45. The molecule has 19 heavy (non-hydrogen) atoms. The smallest absolute Gasteiger partial charge is 0.309 e. The van der Waals surface area contributed by atoms with E-state index in [0.717, 1.165) is 0 Å². The Balaban J connectivity index is 1.88. The highest BCUT2D eigenvalue weighted by Gasteiger charge is 2.59. The van der Waals surface area contributed by atoms with Gasteiger partial charge in [-0.2, -0.15) is 0 Å². The second-order valence-electron chi connectivity index (χ2n) is 5.83. The number of fused-ring (bicyclic) bond motifs is 3. The van der Waals surface area contributed by atoms with Crippen LogP contribution >= 0.6 is 0 Å². The van der Waals surface area contributed by atoms with Crippen LogP contribution in [0, 0.1) is 11.8 Å². The van der Waals surface area contributed by atoms with Gasteiger partial charge in [-0.15, -0.1) is 0 Å². The molecule has 0 N–H and O–H groups in total. The predicted molar refractivity (Wildman–Crippen MR) is 61.9 cm³/mol. The van der Waals surface area contributed by atoms with Gasteiger partial charge in [0.2, 0.25) is 0 Å². The van der Waals surface area contributed by atoms with E-state index in [2.05, 4.69) is 0 Å². The summed E-state index contributed by atoms with van der Waals surface area (Å²) in [5.74, 6) is -1.82. The first-order valence-electron chi connectivity index (χ1n) is 6.54. The molecule has 0 aromatic heterocycles. The van der Waals surface area contributed by atoms with Gasteiger partial charge in [-0.25, -0.2) is 0 Å². The Bertz CT molecular complexity index is 417. The Morgan fingerprint density at radius 1 is 1.32 bits per heavy atom. The molecule has 0 spiro atoms. The van der Waals surface area contributed by atoms with Crippen LogP contribution in [0.3, 0.4) is 0 Å². The summed E-state index contributed by atoms with van der Waals surface area (Å²) in [6.45, 7) is 3.65. The van der Waals surface area contributed by atoms with Crippen LogP contribution in [0.1, 0.15) is 26.7 Å². The normalized spacial score (nSPS) is 43.3. The minimum atomic E-state index is -0.708.